The van der Waals surface area contributed by atoms with Gasteiger partial charge in [0.25, 0.3) is 5.91 Å². The predicted molar refractivity (Wildman–Crippen MR) is 76.3 cm³/mol. The molecule has 19 heavy (non-hydrogen) atoms. The zero-order valence-corrected chi connectivity index (χ0v) is 12.0. The first kappa shape index (κ1) is 13.9. The number of aromatic hydroxyl groups is 1. The summed E-state index contributed by atoms with van der Waals surface area (Å²) in [5, 5.41) is 12.7. The fourth-order valence-electron chi connectivity index (χ4n) is 2.56. The zero-order chi connectivity index (χ0) is 14.0. The molecule has 1 aliphatic carbocycles. The molecule has 0 aliphatic heterocycles. The minimum atomic E-state index is -0.0833. The first-order valence-corrected chi connectivity index (χ1v) is 6.98. The van der Waals surface area contributed by atoms with Gasteiger partial charge < -0.3 is 10.4 Å². The van der Waals surface area contributed by atoms with E-state index in [1.54, 1.807) is 12.1 Å². The van der Waals surface area contributed by atoms with Crippen LogP contribution in [0.4, 0.5) is 0 Å². The number of carbonyl (C=O) groups excluding carboxylic acids is 1. The van der Waals surface area contributed by atoms with Gasteiger partial charge in [0.15, 0.2) is 0 Å². The molecular weight excluding hydrogens is 238 g/mol. The quantitative estimate of drug-likeness (QED) is 0.857. The molecule has 0 bridgehead atoms. The Morgan fingerprint density at radius 3 is 2.53 bits per heavy atom. The van der Waals surface area contributed by atoms with E-state index in [0.29, 0.717) is 11.0 Å². The first-order valence-electron chi connectivity index (χ1n) is 6.98. The monoisotopic (exact) mass is 261 g/mol. The molecule has 1 fully saturated rings. The third kappa shape index (κ3) is 3.49. The predicted octanol–water partition coefficient (Wildman–Crippen LogP) is 3.40. The minimum absolute atomic E-state index is 0.0833. The lowest BCUT2D eigenvalue weighted by Crippen LogP contribution is -2.39. The van der Waals surface area contributed by atoms with E-state index in [1.807, 2.05) is 6.92 Å². The molecule has 0 heterocycles. The van der Waals surface area contributed by atoms with Crippen LogP contribution in [0.2, 0.25) is 0 Å². The molecule has 2 N–H and O–H groups in total. The van der Waals surface area contributed by atoms with E-state index in [9.17, 15) is 9.90 Å². The van der Waals surface area contributed by atoms with Crippen LogP contribution in [0.3, 0.4) is 0 Å². The molecule has 0 unspecified atom stereocenters. The van der Waals surface area contributed by atoms with Crippen LogP contribution in [0.1, 0.15) is 55.5 Å². The Morgan fingerprint density at radius 2 is 1.95 bits per heavy atom. The number of amides is 1. The maximum atomic E-state index is 12.1. The van der Waals surface area contributed by atoms with Crippen LogP contribution in [-0.2, 0) is 0 Å². The molecule has 0 saturated heterocycles. The van der Waals surface area contributed by atoms with E-state index in [-0.39, 0.29) is 17.7 Å². The topological polar surface area (TPSA) is 49.3 Å². The minimum Gasteiger partial charge on any atom is -0.508 e. The van der Waals surface area contributed by atoms with Crippen molar-refractivity contribution >= 4 is 5.91 Å². The Morgan fingerprint density at radius 1 is 1.32 bits per heavy atom. The number of benzene rings is 1. The summed E-state index contributed by atoms with van der Waals surface area (Å²) in [5.74, 6) is 0.0948. The number of rotatable bonds is 2. The van der Waals surface area contributed by atoms with Crippen LogP contribution in [0.5, 0.6) is 5.75 Å². The van der Waals surface area contributed by atoms with Crippen molar-refractivity contribution in [2.45, 2.75) is 52.5 Å². The van der Waals surface area contributed by atoms with Crippen LogP contribution in [0, 0.1) is 12.3 Å². The fraction of sp³-hybridized carbons (Fsp3) is 0.562. The molecule has 0 spiro atoms. The van der Waals surface area contributed by atoms with Gasteiger partial charge in [-0.15, -0.1) is 0 Å². The van der Waals surface area contributed by atoms with Gasteiger partial charge in [0.2, 0.25) is 0 Å². The summed E-state index contributed by atoms with van der Waals surface area (Å²) in [7, 11) is 0. The second-order valence-electron chi connectivity index (χ2n) is 6.41. The SMILES string of the molecule is Cc1ccc(C(=O)NC2CCC(C)(C)CC2)cc1O. The van der Waals surface area contributed by atoms with Gasteiger partial charge >= 0.3 is 0 Å². The van der Waals surface area contributed by atoms with Crippen molar-refractivity contribution in [2.24, 2.45) is 5.41 Å². The molecule has 0 radical (unpaired) electrons. The van der Waals surface area contributed by atoms with E-state index >= 15 is 0 Å². The van der Waals surface area contributed by atoms with Crippen LogP contribution in [0.15, 0.2) is 18.2 Å². The second-order valence-corrected chi connectivity index (χ2v) is 6.41. The molecule has 1 amide bonds. The normalized spacial score (nSPS) is 19.1. The van der Waals surface area contributed by atoms with Crippen molar-refractivity contribution in [1.82, 2.24) is 5.32 Å². The molecule has 2 rings (SSSR count). The molecule has 1 saturated carbocycles. The number of phenols is 1. The summed E-state index contributed by atoms with van der Waals surface area (Å²) in [5.41, 5.74) is 1.73. The Labute approximate surface area is 115 Å². The van der Waals surface area contributed by atoms with Crippen LogP contribution < -0.4 is 5.32 Å². The Bertz CT molecular complexity index is 470. The largest absolute Gasteiger partial charge is 0.508 e. The highest BCUT2D eigenvalue weighted by atomic mass is 16.3. The summed E-state index contributed by atoms with van der Waals surface area (Å²) < 4.78 is 0. The first-order chi connectivity index (χ1) is 8.87. The van der Waals surface area contributed by atoms with E-state index < -0.39 is 0 Å². The summed E-state index contributed by atoms with van der Waals surface area (Å²) in [4.78, 5) is 12.1. The molecule has 1 aromatic carbocycles. The average Bonchev–Trinajstić information content (AvgIpc) is 2.35. The highest BCUT2D eigenvalue weighted by Gasteiger charge is 2.27. The maximum absolute atomic E-state index is 12.1. The van der Waals surface area contributed by atoms with E-state index in [4.69, 9.17) is 0 Å². The van der Waals surface area contributed by atoms with Gasteiger partial charge in [-0.2, -0.15) is 0 Å². The number of carbonyl (C=O) groups is 1. The summed E-state index contributed by atoms with van der Waals surface area (Å²) >= 11 is 0. The lowest BCUT2D eigenvalue weighted by atomic mass is 9.75. The lowest BCUT2D eigenvalue weighted by molar-refractivity contribution is 0.0908. The van der Waals surface area contributed by atoms with Gasteiger partial charge in [-0.3, -0.25) is 4.79 Å². The van der Waals surface area contributed by atoms with Gasteiger partial charge in [0.05, 0.1) is 0 Å². The average molecular weight is 261 g/mol. The van der Waals surface area contributed by atoms with Crippen LogP contribution >= 0.6 is 0 Å². The molecule has 104 valence electrons. The Balaban J connectivity index is 1.96. The van der Waals surface area contributed by atoms with Gasteiger partial charge in [-0.05, 0) is 55.7 Å². The van der Waals surface area contributed by atoms with Crippen molar-refractivity contribution in [3.05, 3.63) is 29.3 Å². The van der Waals surface area contributed by atoms with Crippen molar-refractivity contribution in [3.8, 4) is 5.75 Å². The highest BCUT2D eigenvalue weighted by Crippen LogP contribution is 2.35. The highest BCUT2D eigenvalue weighted by molar-refractivity contribution is 5.94. The summed E-state index contributed by atoms with van der Waals surface area (Å²) in [6.45, 7) is 6.38. The number of phenolic OH excluding ortho intramolecular Hbond substituents is 1. The van der Waals surface area contributed by atoms with E-state index in [0.717, 1.165) is 31.2 Å². The third-order valence-electron chi connectivity index (χ3n) is 4.15. The molecule has 0 atom stereocenters. The van der Waals surface area contributed by atoms with E-state index in [2.05, 4.69) is 19.2 Å². The third-order valence-corrected chi connectivity index (χ3v) is 4.15. The number of nitrogens with one attached hydrogen (secondary N) is 1. The zero-order valence-electron chi connectivity index (χ0n) is 12.0. The van der Waals surface area contributed by atoms with E-state index in [1.165, 1.54) is 6.07 Å². The Kier molecular flexibility index (Phi) is 3.83. The fourth-order valence-corrected chi connectivity index (χ4v) is 2.56. The van der Waals surface area contributed by atoms with Crippen molar-refractivity contribution < 1.29 is 9.90 Å². The summed E-state index contributed by atoms with van der Waals surface area (Å²) in [6, 6.07) is 5.34. The molecule has 3 heteroatoms. The van der Waals surface area contributed by atoms with Crippen LogP contribution in [0.25, 0.3) is 0 Å². The second kappa shape index (κ2) is 5.24. The van der Waals surface area contributed by atoms with Gasteiger partial charge in [-0.1, -0.05) is 19.9 Å². The maximum Gasteiger partial charge on any atom is 0.251 e. The van der Waals surface area contributed by atoms with Crippen molar-refractivity contribution in [3.63, 3.8) is 0 Å². The standard InChI is InChI=1S/C16H23NO2/c1-11-4-5-12(10-14(11)18)15(19)17-13-6-8-16(2,3)9-7-13/h4-5,10,13,18H,6-9H2,1-3H3,(H,17,19). The van der Waals surface area contributed by atoms with Gasteiger partial charge in [0.1, 0.15) is 5.75 Å². The summed E-state index contributed by atoms with van der Waals surface area (Å²) in [6.07, 6.45) is 4.38. The van der Waals surface area contributed by atoms with Crippen molar-refractivity contribution in [1.29, 1.82) is 0 Å². The number of aryl methyl sites for hydroxylation is 1. The molecule has 0 aromatic heterocycles. The smallest absolute Gasteiger partial charge is 0.251 e. The Hall–Kier alpha value is -1.51. The lowest BCUT2D eigenvalue weighted by Gasteiger charge is -2.34. The molecule has 3 nitrogen and oxygen atoms in total. The number of hydrogen-bond donors (Lipinski definition) is 2. The molecular formula is C16H23NO2. The number of hydrogen-bond acceptors (Lipinski definition) is 2. The van der Waals surface area contributed by atoms with Gasteiger partial charge in [0, 0.05) is 11.6 Å². The van der Waals surface area contributed by atoms with Gasteiger partial charge in [-0.25, -0.2) is 0 Å². The molecule has 1 aliphatic rings. The molecule has 1 aromatic rings. The van der Waals surface area contributed by atoms with Crippen LogP contribution in [-0.4, -0.2) is 17.1 Å². The van der Waals surface area contributed by atoms with Crippen molar-refractivity contribution in [2.75, 3.05) is 0 Å².